The molecule has 0 bridgehead atoms. The molecule has 0 aromatic carbocycles. The molecule has 6 atom stereocenters. The fourth-order valence-electron chi connectivity index (χ4n) is 8.31. The second-order valence-corrected chi connectivity index (χ2v) is 15.5. The zero-order valence-corrected chi connectivity index (χ0v) is 27.0. The van der Waals surface area contributed by atoms with E-state index in [1.807, 2.05) is 6.08 Å². The highest BCUT2D eigenvalue weighted by Crippen LogP contribution is 2.66. The zero-order valence-electron chi connectivity index (χ0n) is 24.8. The summed E-state index contributed by atoms with van der Waals surface area (Å²) < 4.78 is 6.21. The van der Waals surface area contributed by atoms with Crippen LogP contribution in [0.2, 0.25) is 0 Å². The fraction of sp³-hybridized carbons (Fsp3) is 0.781. The van der Waals surface area contributed by atoms with E-state index >= 15 is 0 Å². The van der Waals surface area contributed by atoms with Crippen LogP contribution in [0, 0.1) is 44.8 Å². The molecule has 3 aliphatic carbocycles. The van der Waals surface area contributed by atoms with Gasteiger partial charge in [-0.25, -0.2) is 0 Å². The predicted molar refractivity (Wildman–Crippen MR) is 158 cm³/mol. The van der Waals surface area contributed by atoms with Crippen LogP contribution in [0.5, 0.6) is 0 Å². The molecule has 0 spiro atoms. The maximum Gasteiger partial charge on any atom is 0.312 e. The lowest BCUT2D eigenvalue weighted by atomic mass is 9.44. The van der Waals surface area contributed by atoms with Gasteiger partial charge in [-0.05, 0) is 109 Å². The third kappa shape index (κ3) is 5.16. The van der Waals surface area contributed by atoms with Gasteiger partial charge in [-0.3, -0.25) is 14.4 Å². The van der Waals surface area contributed by atoms with Crippen molar-refractivity contribution in [3.8, 4) is 0 Å². The summed E-state index contributed by atoms with van der Waals surface area (Å²) in [7, 11) is 1.53. The summed E-state index contributed by atoms with van der Waals surface area (Å²) in [5.41, 5.74) is 0.173. The molecule has 1 unspecified atom stereocenters. The van der Waals surface area contributed by atoms with Crippen LogP contribution in [0.4, 0.5) is 0 Å². The first-order valence-electron chi connectivity index (χ1n) is 14.1. The number of fused-ring (bicyclic) bond motifs is 1. The minimum atomic E-state index is -0.468. The SMILES string of the molecule is COC(=O)[C@]1(CCC(C)(C)[C@]2(C)CC[C@H]3[C@H](C)C(=O)C(I)=C[C@]3(C)/C2=C/C(C)=O)CCC(C)(C)CC1C. The maximum absolute atomic E-state index is 13.3. The molecule has 4 nitrogen and oxygen atoms in total. The van der Waals surface area contributed by atoms with E-state index in [0.29, 0.717) is 0 Å². The molecule has 3 rings (SSSR count). The Kier molecular flexibility index (Phi) is 8.43. The van der Waals surface area contributed by atoms with Crippen LogP contribution in [-0.2, 0) is 19.1 Å². The lowest BCUT2D eigenvalue weighted by Crippen LogP contribution is -2.53. The van der Waals surface area contributed by atoms with E-state index in [0.717, 1.165) is 54.1 Å². The normalized spacial score (nSPS) is 39.1. The Balaban J connectivity index is 2.03. The Hall–Kier alpha value is -0.980. The predicted octanol–water partition coefficient (Wildman–Crippen LogP) is 8.27. The maximum atomic E-state index is 13.3. The smallest absolute Gasteiger partial charge is 0.312 e. The van der Waals surface area contributed by atoms with Gasteiger partial charge in [-0.1, -0.05) is 67.0 Å². The monoisotopic (exact) mass is 624 g/mol. The number of ether oxygens (including phenoxy) is 1. The molecule has 0 aromatic rings. The number of esters is 1. The molecule has 0 saturated heterocycles. The molecule has 0 aromatic heterocycles. The third-order valence-corrected chi connectivity index (χ3v) is 12.1. The number of halogens is 1. The van der Waals surface area contributed by atoms with Gasteiger partial charge < -0.3 is 4.74 Å². The molecular weight excluding hydrogens is 575 g/mol. The Morgan fingerprint density at radius 3 is 2.30 bits per heavy atom. The van der Waals surface area contributed by atoms with Crippen molar-refractivity contribution in [1.82, 2.24) is 0 Å². The van der Waals surface area contributed by atoms with Crippen molar-refractivity contribution in [2.45, 2.75) is 107 Å². The van der Waals surface area contributed by atoms with E-state index in [9.17, 15) is 14.4 Å². The largest absolute Gasteiger partial charge is 0.469 e. The van der Waals surface area contributed by atoms with Crippen molar-refractivity contribution in [2.24, 2.45) is 44.8 Å². The van der Waals surface area contributed by atoms with Crippen molar-refractivity contribution in [3.05, 3.63) is 21.3 Å². The quantitative estimate of drug-likeness (QED) is 0.170. The second kappa shape index (κ2) is 10.2. The Morgan fingerprint density at radius 2 is 1.76 bits per heavy atom. The summed E-state index contributed by atoms with van der Waals surface area (Å²) in [4.78, 5) is 38.8. The number of hydrogen-bond acceptors (Lipinski definition) is 4. The molecule has 5 heteroatoms. The van der Waals surface area contributed by atoms with E-state index in [-0.39, 0.29) is 56.9 Å². The van der Waals surface area contributed by atoms with Gasteiger partial charge in [0.1, 0.15) is 0 Å². The van der Waals surface area contributed by atoms with Crippen molar-refractivity contribution in [3.63, 3.8) is 0 Å². The van der Waals surface area contributed by atoms with Crippen LogP contribution in [0.25, 0.3) is 0 Å². The number of carbonyl (C=O) groups excluding carboxylic acids is 3. The first-order valence-corrected chi connectivity index (χ1v) is 15.2. The van der Waals surface area contributed by atoms with Crippen molar-refractivity contribution in [2.75, 3.05) is 7.11 Å². The highest BCUT2D eigenvalue weighted by molar-refractivity contribution is 14.1. The number of rotatable bonds is 6. The van der Waals surface area contributed by atoms with Gasteiger partial charge in [0.25, 0.3) is 0 Å². The average molecular weight is 625 g/mol. The lowest BCUT2D eigenvalue weighted by molar-refractivity contribution is -0.162. The molecule has 0 amide bonds. The second-order valence-electron chi connectivity index (χ2n) is 14.4. The highest BCUT2D eigenvalue weighted by Gasteiger charge is 2.58. The number of allylic oxidation sites excluding steroid dienone is 4. The summed E-state index contributed by atoms with van der Waals surface area (Å²) >= 11 is 2.19. The van der Waals surface area contributed by atoms with Crippen molar-refractivity contribution < 1.29 is 19.1 Å². The average Bonchev–Trinajstić information content (AvgIpc) is 2.78. The molecule has 0 N–H and O–H groups in total. The Bertz CT molecular complexity index is 1020. The summed E-state index contributed by atoms with van der Waals surface area (Å²) in [6.07, 6.45) is 10.4. The Morgan fingerprint density at radius 1 is 1.14 bits per heavy atom. The van der Waals surface area contributed by atoms with E-state index in [2.05, 4.69) is 84.1 Å². The first kappa shape index (κ1) is 30.6. The van der Waals surface area contributed by atoms with Gasteiger partial charge in [-0.15, -0.1) is 0 Å². The fourth-order valence-corrected chi connectivity index (χ4v) is 9.45. The number of ketones is 2. The minimum Gasteiger partial charge on any atom is -0.469 e. The van der Waals surface area contributed by atoms with Gasteiger partial charge in [-0.2, -0.15) is 0 Å². The molecule has 2 fully saturated rings. The topological polar surface area (TPSA) is 60.4 Å². The van der Waals surface area contributed by atoms with E-state index in [4.69, 9.17) is 4.74 Å². The molecule has 2 saturated carbocycles. The zero-order chi connectivity index (χ0) is 28.2. The lowest BCUT2D eigenvalue weighted by Gasteiger charge is -2.59. The van der Waals surface area contributed by atoms with Gasteiger partial charge in [0, 0.05) is 11.3 Å². The summed E-state index contributed by atoms with van der Waals surface area (Å²) in [5.74, 6) is 0.601. The van der Waals surface area contributed by atoms with Crippen LogP contribution in [0.3, 0.4) is 0 Å². The number of methoxy groups -OCH3 is 1. The molecule has 0 aliphatic heterocycles. The van der Waals surface area contributed by atoms with E-state index in [1.54, 1.807) is 6.92 Å². The van der Waals surface area contributed by atoms with Gasteiger partial charge >= 0.3 is 5.97 Å². The van der Waals surface area contributed by atoms with E-state index in [1.165, 1.54) is 7.11 Å². The van der Waals surface area contributed by atoms with Crippen molar-refractivity contribution in [1.29, 1.82) is 0 Å². The van der Waals surface area contributed by atoms with Crippen LogP contribution < -0.4 is 0 Å². The molecular formula is C32H49IO4. The van der Waals surface area contributed by atoms with Gasteiger partial charge in [0.05, 0.1) is 16.1 Å². The number of Topliss-reactive ketones (excluding diaryl/α,β-unsaturated/α-hetero) is 1. The molecule has 0 heterocycles. The van der Waals surface area contributed by atoms with Gasteiger partial charge in [0.15, 0.2) is 11.6 Å². The van der Waals surface area contributed by atoms with Gasteiger partial charge in [0.2, 0.25) is 0 Å². The Labute approximate surface area is 239 Å². The van der Waals surface area contributed by atoms with Crippen LogP contribution in [-0.4, -0.2) is 24.6 Å². The molecule has 3 aliphatic rings. The summed E-state index contributed by atoms with van der Waals surface area (Å²) in [5, 5.41) is 0. The van der Waals surface area contributed by atoms with Crippen LogP contribution >= 0.6 is 22.6 Å². The first-order chi connectivity index (χ1) is 16.9. The van der Waals surface area contributed by atoms with Crippen molar-refractivity contribution >= 4 is 40.1 Å². The standard InChI is InChI=1S/C32H49IO4/c1-20-18-28(4,5)13-15-32(20,27(36)37-10)16-14-29(6,7)31(9)12-11-23-22(3)26(35)24(33)19-30(23,8)25(31)17-21(2)34/h17,19-20,22-23H,11-16,18H2,1-10H3/b25-17-/t20?,22-,23-,30-,31+,32-/m0/s1. The highest BCUT2D eigenvalue weighted by atomic mass is 127. The summed E-state index contributed by atoms with van der Waals surface area (Å²) in [6, 6.07) is 0. The number of carbonyl (C=O) groups is 3. The molecule has 208 valence electrons. The minimum absolute atomic E-state index is 0.0565. The van der Waals surface area contributed by atoms with Crippen LogP contribution in [0.1, 0.15) is 107 Å². The molecule has 0 radical (unpaired) electrons. The molecule has 37 heavy (non-hydrogen) atoms. The third-order valence-electron chi connectivity index (χ3n) is 11.3. The summed E-state index contributed by atoms with van der Waals surface area (Å²) in [6.45, 7) is 19.7. The van der Waals surface area contributed by atoms with Crippen LogP contribution in [0.15, 0.2) is 21.3 Å². The van der Waals surface area contributed by atoms with E-state index < -0.39 is 5.41 Å². The number of hydrogen-bond donors (Lipinski definition) is 0.